The molecule has 33 heavy (non-hydrogen) atoms. The maximum absolute atomic E-state index is 12.8. The Kier molecular flexibility index (Phi) is 7.08. The number of amides is 1. The second-order valence-electron chi connectivity index (χ2n) is 8.39. The van der Waals surface area contributed by atoms with E-state index in [-0.39, 0.29) is 29.0 Å². The van der Waals surface area contributed by atoms with Crippen LogP contribution >= 0.6 is 0 Å². The van der Waals surface area contributed by atoms with Crippen LogP contribution in [-0.4, -0.2) is 56.1 Å². The molecule has 1 aliphatic heterocycles. The molecule has 0 aliphatic carbocycles. The average Bonchev–Trinajstić information content (AvgIpc) is 2.88. The van der Waals surface area contributed by atoms with Crippen molar-refractivity contribution < 1.29 is 13.2 Å². The molecule has 0 spiro atoms. The SMILES string of the molecule is CN(C(=O)CCS(=O)(=O)c1ccc(-c2ccccc2)cc1)C1CCN(c2ccncc2)CC1. The molecule has 3 aromatic rings. The molecular formula is C26H29N3O3S. The Morgan fingerprint density at radius 2 is 1.55 bits per heavy atom. The average molecular weight is 464 g/mol. The Morgan fingerprint density at radius 1 is 0.939 bits per heavy atom. The molecule has 172 valence electrons. The molecule has 2 heterocycles. The Balaban J connectivity index is 1.30. The summed E-state index contributed by atoms with van der Waals surface area (Å²) < 4.78 is 25.6. The third-order valence-corrected chi connectivity index (χ3v) is 8.07. The molecule has 6 nitrogen and oxygen atoms in total. The summed E-state index contributed by atoms with van der Waals surface area (Å²) in [4.78, 5) is 21.1. The lowest BCUT2D eigenvalue weighted by Gasteiger charge is -2.37. The third-order valence-electron chi connectivity index (χ3n) is 6.34. The molecule has 0 atom stereocenters. The zero-order chi connectivity index (χ0) is 23.3. The van der Waals surface area contributed by atoms with Crippen LogP contribution < -0.4 is 4.90 Å². The first-order chi connectivity index (χ1) is 15.9. The first-order valence-electron chi connectivity index (χ1n) is 11.2. The van der Waals surface area contributed by atoms with Crippen LogP contribution in [0.2, 0.25) is 0 Å². The summed E-state index contributed by atoms with van der Waals surface area (Å²) in [5.74, 6) is -0.307. The van der Waals surface area contributed by atoms with E-state index in [0.717, 1.165) is 42.7 Å². The molecule has 1 fully saturated rings. The lowest BCUT2D eigenvalue weighted by atomic mass is 10.0. The van der Waals surface area contributed by atoms with Crippen molar-refractivity contribution in [3.63, 3.8) is 0 Å². The van der Waals surface area contributed by atoms with Crippen LogP contribution in [0.25, 0.3) is 11.1 Å². The minimum Gasteiger partial charge on any atom is -0.371 e. The minimum atomic E-state index is -3.52. The van der Waals surface area contributed by atoms with E-state index in [1.54, 1.807) is 36.5 Å². The summed E-state index contributed by atoms with van der Waals surface area (Å²) in [7, 11) is -1.74. The lowest BCUT2D eigenvalue weighted by Crippen LogP contribution is -2.46. The predicted molar refractivity (Wildman–Crippen MR) is 131 cm³/mol. The first-order valence-corrected chi connectivity index (χ1v) is 12.9. The van der Waals surface area contributed by atoms with Gasteiger partial charge in [0.05, 0.1) is 10.6 Å². The minimum absolute atomic E-state index is 0.0101. The number of pyridine rings is 1. The molecule has 2 aromatic carbocycles. The van der Waals surface area contributed by atoms with Crippen LogP contribution in [0, 0.1) is 0 Å². The normalized spacial score (nSPS) is 14.8. The zero-order valence-electron chi connectivity index (χ0n) is 18.8. The Hall–Kier alpha value is -3.19. The summed E-state index contributed by atoms with van der Waals surface area (Å²) in [5, 5.41) is 0. The number of rotatable bonds is 7. The van der Waals surface area contributed by atoms with Gasteiger partial charge in [-0.1, -0.05) is 42.5 Å². The van der Waals surface area contributed by atoms with Gasteiger partial charge in [0.2, 0.25) is 5.91 Å². The van der Waals surface area contributed by atoms with E-state index in [0.29, 0.717) is 0 Å². The molecule has 0 saturated carbocycles. The van der Waals surface area contributed by atoms with Gasteiger partial charge >= 0.3 is 0 Å². The van der Waals surface area contributed by atoms with Crippen LogP contribution in [-0.2, 0) is 14.6 Å². The van der Waals surface area contributed by atoms with Crippen molar-refractivity contribution in [3.8, 4) is 11.1 Å². The van der Waals surface area contributed by atoms with Crippen molar-refractivity contribution >= 4 is 21.4 Å². The van der Waals surface area contributed by atoms with Crippen molar-refractivity contribution in [3.05, 3.63) is 79.1 Å². The molecule has 7 heteroatoms. The van der Waals surface area contributed by atoms with E-state index in [9.17, 15) is 13.2 Å². The second kappa shape index (κ2) is 10.2. The number of piperidine rings is 1. The van der Waals surface area contributed by atoms with Gasteiger partial charge in [-0.2, -0.15) is 0 Å². The molecule has 4 rings (SSSR count). The number of carbonyl (C=O) groups is 1. The fraction of sp³-hybridized carbons (Fsp3) is 0.308. The number of benzene rings is 2. The topological polar surface area (TPSA) is 70.6 Å². The van der Waals surface area contributed by atoms with E-state index in [4.69, 9.17) is 0 Å². The van der Waals surface area contributed by atoms with Gasteiger partial charge in [-0.25, -0.2) is 8.42 Å². The Bertz CT molecular complexity index is 1160. The smallest absolute Gasteiger partial charge is 0.223 e. The first kappa shape index (κ1) is 23.0. The van der Waals surface area contributed by atoms with Gasteiger partial charge in [-0.3, -0.25) is 9.78 Å². The summed E-state index contributed by atoms with van der Waals surface area (Å²) in [6, 6.07) is 20.8. The molecule has 0 radical (unpaired) electrons. The number of sulfone groups is 1. The molecule has 1 aromatic heterocycles. The summed E-state index contributed by atoms with van der Waals surface area (Å²) in [6.45, 7) is 1.72. The summed E-state index contributed by atoms with van der Waals surface area (Å²) in [6.07, 6.45) is 5.28. The molecule has 0 unspecified atom stereocenters. The van der Waals surface area contributed by atoms with Crippen LogP contribution in [0.3, 0.4) is 0 Å². The van der Waals surface area contributed by atoms with Crippen molar-refractivity contribution in [2.75, 3.05) is 30.8 Å². The van der Waals surface area contributed by atoms with Gasteiger partial charge < -0.3 is 9.80 Å². The van der Waals surface area contributed by atoms with E-state index in [2.05, 4.69) is 9.88 Å². The quantitative estimate of drug-likeness (QED) is 0.529. The summed E-state index contributed by atoms with van der Waals surface area (Å²) >= 11 is 0. The van der Waals surface area contributed by atoms with Gasteiger partial charge in [-0.05, 0) is 48.2 Å². The van der Waals surface area contributed by atoms with Crippen LogP contribution in [0.1, 0.15) is 19.3 Å². The highest BCUT2D eigenvalue weighted by molar-refractivity contribution is 7.91. The highest BCUT2D eigenvalue weighted by atomic mass is 32.2. The Morgan fingerprint density at radius 3 is 2.18 bits per heavy atom. The Labute approximate surface area is 195 Å². The summed E-state index contributed by atoms with van der Waals surface area (Å²) in [5.41, 5.74) is 3.14. The predicted octanol–water partition coefficient (Wildman–Crippen LogP) is 4.04. The second-order valence-corrected chi connectivity index (χ2v) is 10.5. The van der Waals surface area contributed by atoms with Crippen LogP contribution in [0.4, 0.5) is 5.69 Å². The van der Waals surface area contributed by atoms with Gasteiger partial charge in [0, 0.05) is 50.7 Å². The van der Waals surface area contributed by atoms with Crippen LogP contribution in [0.5, 0.6) is 0 Å². The van der Waals surface area contributed by atoms with Crippen molar-refractivity contribution in [2.24, 2.45) is 0 Å². The number of hydrogen-bond donors (Lipinski definition) is 0. The molecule has 1 saturated heterocycles. The van der Waals surface area contributed by atoms with E-state index >= 15 is 0 Å². The molecule has 1 amide bonds. The molecule has 0 N–H and O–H groups in total. The molecule has 1 aliphatic rings. The van der Waals surface area contributed by atoms with Gasteiger partial charge in [0.1, 0.15) is 0 Å². The van der Waals surface area contributed by atoms with Crippen molar-refractivity contribution in [2.45, 2.75) is 30.2 Å². The fourth-order valence-electron chi connectivity index (χ4n) is 4.27. The monoisotopic (exact) mass is 463 g/mol. The number of anilines is 1. The standard InChI is InChI=1S/C26H29N3O3S/c1-28(23-13-18-29(19-14-23)24-11-16-27-17-12-24)26(30)15-20-33(31,32)25-9-7-22(8-10-25)21-5-3-2-4-6-21/h2-12,16-17,23H,13-15,18-20H2,1H3. The van der Waals surface area contributed by atoms with E-state index in [1.807, 2.05) is 54.6 Å². The lowest BCUT2D eigenvalue weighted by molar-refractivity contribution is -0.131. The van der Waals surface area contributed by atoms with Gasteiger partial charge in [0.15, 0.2) is 9.84 Å². The number of aromatic nitrogens is 1. The van der Waals surface area contributed by atoms with E-state index in [1.165, 1.54) is 0 Å². The third kappa shape index (κ3) is 5.60. The van der Waals surface area contributed by atoms with E-state index < -0.39 is 9.84 Å². The fourth-order valence-corrected chi connectivity index (χ4v) is 5.50. The zero-order valence-corrected chi connectivity index (χ0v) is 19.6. The highest BCUT2D eigenvalue weighted by Crippen LogP contribution is 2.24. The van der Waals surface area contributed by atoms with Crippen molar-refractivity contribution in [1.82, 2.24) is 9.88 Å². The molecular weight excluding hydrogens is 434 g/mol. The highest BCUT2D eigenvalue weighted by Gasteiger charge is 2.26. The van der Waals surface area contributed by atoms with Gasteiger partial charge in [-0.15, -0.1) is 0 Å². The van der Waals surface area contributed by atoms with Gasteiger partial charge in [0.25, 0.3) is 0 Å². The maximum Gasteiger partial charge on any atom is 0.223 e. The molecule has 0 bridgehead atoms. The number of hydrogen-bond acceptors (Lipinski definition) is 5. The van der Waals surface area contributed by atoms with Crippen LogP contribution in [0.15, 0.2) is 84.0 Å². The number of nitrogens with zero attached hydrogens (tertiary/aromatic N) is 3. The van der Waals surface area contributed by atoms with Crippen molar-refractivity contribution in [1.29, 1.82) is 0 Å². The maximum atomic E-state index is 12.8. The largest absolute Gasteiger partial charge is 0.371 e. The number of carbonyl (C=O) groups excluding carboxylic acids is 1.